The molecule has 0 unspecified atom stereocenters. The number of fused-ring (bicyclic) bond motifs is 1. The van der Waals surface area contributed by atoms with Gasteiger partial charge in [-0.2, -0.15) is 18.3 Å². The molecule has 0 atom stereocenters. The number of nitrogens with one attached hydrogen (secondary N) is 2. The number of hydrogen-bond acceptors (Lipinski definition) is 8. The van der Waals surface area contributed by atoms with Crippen LogP contribution < -0.4 is 15.5 Å². The van der Waals surface area contributed by atoms with Crippen molar-refractivity contribution in [2.24, 2.45) is 11.3 Å². The number of likely N-dealkylation sites (tertiary alicyclic amines) is 2. The molecule has 3 saturated heterocycles. The van der Waals surface area contributed by atoms with Crippen LogP contribution in [0.3, 0.4) is 0 Å². The van der Waals surface area contributed by atoms with Gasteiger partial charge in [0.15, 0.2) is 0 Å². The molecule has 13 nitrogen and oxygen atoms in total. The van der Waals surface area contributed by atoms with Crippen LogP contribution in [0.25, 0.3) is 10.9 Å². The Morgan fingerprint density at radius 3 is 2.35 bits per heavy atom. The van der Waals surface area contributed by atoms with E-state index in [4.69, 9.17) is 16.7 Å². The van der Waals surface area contributed by atoms with E-state index in [1.165, 1.54) is 36.6 Å². The molecule has 0 radical (unpaired) electrons. The van der Waals surface area contributed by atoms with Crippen LogP contribution in [0.4, 0.5) is 29.3 Å². The number of piperidine rings is 2. The van der Waals surface area contributed by atoms with Crippen LogP contribution in [0, 0.1) is 11.3 Å². The summed E-state index contributed by atoms with van der Waals surface area (Å²) in [6.45, 7) is 7.68. The van der Waals surface area contributed by atoms with Crippen LogP contribution >= 0.6 is 11.6 Å². The molecule has 330 valence electrons. The summed E-state index contributed by atoms with van der Waals surface area (Å²) in [5.74, 6) is -0.546. The fourth-order valence-electron chi connectivity index (χ4n) is 9.66. The SMILES string of the molecule is CC(C)(O)c1cc2nn(C3CCN(CCC4CCC5(CC4)CCN(C(=O)c4ccc(Cl)c(N6CCC(=O)NC6=O)c4)CC5)CC3)cc2cc1NC(=O)c1cccc(C(F)(F)F)n1. The predicted octanol–water partition coefficient (Wildman–Crippen LogP) is 8.17. The van der Waals surface area contributed by atoms with Crippen molar-refractivity contribution in [3.63, 3.8) is 0 Å². The average molecular weight is 877 g/mol. The second kappa shape index (κ2) is 17.2. The fourth-order valence-corrected chi connectivity index (χ4v) is 9.88. The average Bonchev–Trinajstić information content (AvgIpc) is 3.66. The quantitative estimate of drug-likeness (QED) is 0.152. The monoisotopic (exact) mass is 876 g/mol. The largest absolute Gasteiger partial charge is 0.433 e. The molecule has 3 N–H and O–H groups in total. The first-order valence-electron chi connectivity index (χ1n) is 21.5. The summed E-state index contributed by atoms with van der Waals surface area (Å²) in [7, 11) is 0. The molecule has 62 heavy (non-hydrogen) atoms. The number of carbonyl (C=O) groups is 4. The summed E-state index contributed by atoms with van der Waals surface area (Å²) in [6.07, 6.45) is 7.08. The molecule has 17 heteroatoms. The molecule has 2 aromatic carbocycles. The van der Waals surface area contributed by atoms with Gasteiger partial charge in [0.2, 0.25) is 5.91 Å². The van der Waals surface area contributed by atoms with E-state index in [0.29, 0.717) is 46.4 Å². The Bertz CT molecular complexity index is 2350. The Morgan fingerprint density at radius 2 is 1.68 bits per heavy atom. The molecular weight excluding hydrogens is 825 g/mol. The van der Waals surface area contributed by atoms with Crippen molar-refractivity contribution >= 4 is 57.6 Å². The molecule has 1 saturated carbocycles. The highest BCUT2D eigenvalue weighted by Gasteiger charge is 2.40. The second-order valence-electron chi connectivity index (χ2n) is 18.0. The molecular formula is C45H52ClF3N8O5. The molecule has 3 aliphatic heterocycles. The normalized spacial score (nSPS) is 19.6. The van der Waals surface area contributed by atoms with Crippen molar-refractivity contribution in [2.75, 3.05) is 49.5 Å². The first-order chi connectivity index (χ1) is 29.4. The third-order valence-corrected chi connectivity index (χ3v) is 13.8. The van der Waals surface area contributed by atoms with Crippen molar-refractivity contribution in [1.82, 2.24) is 29.9 Å². The number of aromatic nitrogens is 3. The third kappa shape index (κ3) is 9.47. The summed E-state index contributed by atoms with van der Waals surface area (Å²) in [5.41, 5.74) is -0.453. The number of hydrogen-bond donors (Lipinski definition) is 3. The predicted molar refractivity (Wildman–Crippen MR) is 228 cm³/mol. The number of carbonyl (C=O) groups excluding carboxylic acids is 4. The molecule has 4 aliphatic rings. The van der Waals surface area contributed by atoms with E-state index >= 15 is 0 Å². The molecule has 8 rings (SSSR count). The highest BCUT2D eigenvalue weighted by Crippen LogP contribution is 2.47. The highest BCUT2D eigenvalue weighted by molar-refractivity contribution is 6.34. The van der Waals surface area contributed by atoms with Gasteiger partial charge < -0.3 is 20.2 Å². The maximum Gasteiger partial charge on any atom is 0.433 e. The Balaban J connectivity index is 0.804. The number of anilines is 2. The molecule has 4 aromatic rings. The first kappa shape index (κ1) is 43.6. The van der Waals surface area contributed by atoms with E-state index in [-0.39, 0.29) is 47.6 Å². The molecule has 1 spiro atoms. The Kier molecular flexibility index (Phi) is 12.1. The molecule has 0 bridgehead atoms. The zero-order valence-electron chi connectivity index (χ0n) is 34.9. The maximum absolute atomic E-state index is 13.6. The van der Waals surface area contributed by atoms with Gasteiger partial charge in [0.1, 0.15) is 11.4 Å². The van der Waals surface area contributed by atoms with Crippen molar-refractivity contribution in [2.45, 2.75) is 95.9 Å². The van der Waals surface area contributed by atoms with Gasteiger partial charge in [-0.05, 0) is 132 Å². The van der Waals surface area contributed by atoms with Gasteiger partial charge >= 0.3 is 12.2 Å². The minimum Gasteiger partial charge on any atom is -0.386 e. The summed E-state index contributed by atoms with van der Waals surface area (Å²) < 4.78 is 41.8. The van der Waals surface area contributed by atoms with E-state index in [0.717, 1.165) is 69.3 Å². The van der Waals surface area contributed by atoms with Gasteiger partial charge in [-0.15, -0.1) is 0 Å². The van der Waals surface area contributed by atoms with E-state index in [2.05, 4.69) is 20.5 Å². The van der Waals surface area contributed by atoms with Crippen LogP contribution in [0.2, 0.25) is 5.02 Å². The number of rotatable bonds is 9. The van der Waals surface area contributed by atoms with Gasteiger partial charge in [0, 0.05) is 67.5 Å². The van der Waals surface area contributed by atoms with Gasteiger partial charge in [-0.25, -0.2) is 9.78 Å². The maximum atomic E-state index is 13.6. The van der Waals surface area contributed by atoms with Crippen molar-refractivity contribution in [3.05, 3.63) is 82.3 Å². The Morgan fingerprint density at radius 1 is 0.952 bits per heavy atom. The number of alkyl halides is 3. The zero-order chi connectivity index (χ0) is 44.0. The summed E-state index contributed by atoms with van der Waals surface area (Å²) in [4.78, 5) is 60.1. The van der Waals surface area contributed by atoms with Gasteiger partial charge in [-0.1, -0.05) is 17.7 Å². The minimum absolute atomic E-state index is 0.0722. The van der Waals surface area contributed by atoms with Crippen molar-refractivity contribution in [3.8, 4) is 0 Å². The van der Waals surface area contributed by atoms with Gasteiger partial charge in [0.05, 0.1) is 27.9 Å². The standard InChI is InChI=1S/C45H52ClF3N8O5/c1-43(2,62)32-26-35-30(24-36(32)51-40(59)34-4-3-5-38(50-34)45(47,48)49)27-57(53-35)31-11-19-54(20-12-31)18-10-28-8-14-44(15-9-28)16-22-55(23-17-44)41(60)29-6-7-33(46)37(25-29)56-21-13-39(58)52-42(56)61/h3-7,24-28,31,62H,8-23H2,1-2H3,(H,51,59)(H,52,58,61). The van der Waals surface area contributed by atoms with Crippen LogP contribution in [0.1, 0.15) is 116 Å². The summed E-state index contributed by atoms with van der Waals surface area (Å²) >= 11 is 6.42. The third-order valence-electron chi connectivity index (χ3n) is 13.4. The van der Waals surface area contributed by atoms with E-state index in [1.54, 1.807) is 44.2 Å². The zero-order valence-corrected chi connectivity index (χ0v) is 35.7. The number of amides is 5. The van der Waals surface area contributed by atoms with E-state index in [1.807, 2.05) is 15.8 Å². The van der Waals surface area contributed by atoms with E-state index in [9.17, 15) is 37.5 Å². The molecule has 4 fully saturated rings. The van der Waals surface area contributed by atoms with Crippen molar-refractivity contribution < 1.29 is 37.5 Å². The topological polar surface area (TPSA) is 153 Å². The van der Waals surface area contributed by atoms with E-state index < -0.39 is 29.4 Å². The lowest BCUT2D eigenvalue weighted by atomic mass is 9.65. The molecule has 1 aliphatic carbocycles. The van der Waals surface area contributed by atoms with Crippen LogP contribution in [0.5, 0.6) is 0 Å². The number of imide groups is 1. The van der Waals surface area contributed by atoms with Gasteiger partial charge in [0.25, 0.3) is 11.8 Å². The Hall–Kier alpha value is -5.06. The summed E-state index contributed by atoms with van der Waals surface area (Å²) in [5, 5.41) is 21.9. The fraction of sp³-hybridized carbons (Fsp3) is 0.511. The first-order valence-corrected chi connectivity index (χ1v) is 21.9. The number of pyridine rings is 1. The number of aliphatic hydroxyl groups is 1. The lowest BCUT2D eigenvalue weighted by Crippen LogP contribution is -2.49. The number of halogens is 4. The molecule has 5 heterocycles. The summed E-state index contributed by atoms with van der Waals surface area (Å²) in [6, 6.07) is 11.2. The van der Waals surface area contributed by atoms with Crippen LogP contribution in [-0.2, 0) is 16.6 Å². The number of urea groups is 1. The van der Waals surface area contributed by atoms with Crippen LogP contribution in [-0.4, -0.2) is 92.7 Å². The van der Waals surface area contributed by atoms with Crippen molar-refractivity contribution in [1.29, 1.82) is 0 Å². The molecule has 5 amide bonds. The number of benzene rings is 2. The highest BCUT2D eigenvalue weighted by atomic mass is 35.5. The lowest BCUT2D eigenvalue weighted by Gasteiger charge is -2.46. The Labute approximate surface area is 363 Å². The molecule has 2 aromatic heterocycles. The minimum atomic E-state index is -4.69. The smallest absolute Gasteiger partial charge is 0.386 e. The second-order valence-corrected chi connectivity index (χ2v) is 18.4. The van der Waals surface area contributed by atoms with Gasteiger partial charge in [-0.3, -0.25) is 29.3 Å². The lowest BCUT2D eigenvalue weighted by molar-refractivity contribution is -0.141. The van der Waals surface area contributed by atoms with Crippen LogP contribution in [0.15, 0.2) is 54.7 Å². The number of nitrogens with zero attached hydrogens (tertiary/aromatic N) is 6.